The second kappa shape index (κ2) is 11.6. The van der Waals surface area contributed by atoms with Gasteiger partial charge in [0.1, 0.15) is 5.69 Å². The molecule has 11 heteroatoms. The zero-order valence-corrected chi connectivity index (χ0v) is 24.0. The average molecular weight is 593 g/mol. The Morgan fingerprint density at radius 2 is 1.82 bits per heavy atom. The molecule has 3 heterocycles. The van der Waals surface area contributed by atoms with E-state index < -0.39 is 4.92 Å². The third-order valence-electron chi connectivity index (χ3n) is 8.19. The van der Waals surface area contributed by atoms with E-state index in [0.717, 1.165) is 19.3 Å². The Bertz CT molecular complexity index is 1100. The van der Waals surface area contributed by atoms with E-state index in [2.05, 4.69) is 47.3 Å². The number of halogens is 1. The van der Waals surface area contributed by atoms with Crippen molar-refractivity contribution in [3.05, 3.63) is 32.3 Å². The largest absolute Gasteiger partial charge is 0.374 e. The molecule has 0 unspecified atom stereocenters. The van der Waals surface area contributed by atoms with Crippen molar-refractivity contribution in [2.75, 3.05) is 38.0 Å². The summed E-state index contributed by atoms with van der Waals surface area (Å²) in [7, 11) is 0. The normalized spacial score (nSPS) is 23.1. The Hall–Kier alpha value is -2.69. The number of amides is 3. The zero-order valence-electron chi connectivity index (χ0n) is 22.4. The second-order valence-electron chi connectivity index (χ2n) is 11.8. The van der Waals surface area contributed by atoms with E-state index in [0.29, 0.717) is 56.0 Å². The first-order valence-electron chi connectivity index (χ1n) is 13.5. The van der Waals surface area contributed by atoms with Crippen LogP contribution in [0.2, 0.25) is 0 Å². The number of nitro groups is 1. The summed E-state index contributed by atoms with van der Waals surface area (Å²) in [6.45, 7) is 9.33. The lowest BCUT2D eigenvalue weighted by Gasteiger charge is -2.39. The van der Waals surface area contributed by atoms with Gasteiger partial charge in [-0.15, -0.1) is 0 Å². The topological polar surface area (TPSA) is 125 Å². The number of hydrogen-bond acceptors (Lipinski definition) is 6. The van der Waals surface area contributed by atoms with Crippen molar-refractivity contribution in [1.82, 2.24) is 15.1 Å². The summed E-state index contributed by atoms with van der Waals surface area (Å²) < 4.78 is 0.471. The number of piperidine rings is 3. The van der Waals surface area contributed by atoms with Crippen molar-refractivity contribution >= 4 is 45.0 Å². The third-order valence-corrected chi connectivity index (χ3v) is 8.65. The monoisotopic (exact) mass is 591 g/mol. The van der Waals surface area contributed by atoms with E-state index in [1.807, 2.05) is 0 Å². The molecule has 3 amide bonds. The number of carbonyl (C=O) groups excluding carboxylic acids is 3. The molecule has 0 aliphatic carbocycles. The highest BCUT2D eigenvalue weighted by atomic mass is 79.9. The van der Waals surface area contributed by atoms with Gasteiger partial charge in [-0.1, -0.05) is 36.7 Å². The third kappa shape index (κ3) is 6.47. The maximum absolute atomic E-state index is 13.7. The standard InChI is InChI=1S/C27H38BrN5O5/c1-27(2,3)18-7-11-31(12-8-18)26(36)21-14-19(28)15-22(33(37)38)24(21)30-20-5-4-10-32(16-20)25(35)17-6-9-29-23(34)13-17/h14-15,17-18,20,30H,4-13,16H2,1-3H3,(H,29,34)/t17-,20-/m1/s1. The van der Waals surface area contributed by atoms with Gasteiger partial charge in [0.25, 0.3) is 11.6 Å². The summed E-state index contributed by atoms with van der Waals surface area (Å²) in [5.74, 6) is -0.197. The number of carbonyl (C=O) groups is 3. The molecule has 10 nitrogen and oxygen atoms in total. The minimum Gasteiger partial charge on any atom is -0.374 e. The lowest BCUT2D eigenvalue weighted by atomic mass is 9.75. The molecule has 0 saturated carbocycles. The highest BCUT2D eigenvalue weighted by molar-refractivity contribution is 9.10. The van der Waals surface area contributed by atoms with Crippen LogP contribution >= 0.6 is 15.9 Å². The quantitative estimate of drug-likeness (QED) is 0.391. The predicted octanol–water partition coefficient (Wildman–Crippen LogP) is 4.18. The fourth-order valence-corrected chi connectivity index (χ4v) is 6.37. The van der Waals surface area contributed by atoms with Crippen LogP contribution in [0, 0.1) is 27.4 Å². The van der Waals surface area contributed by atoms with Gasteiger partial charge in [0.2, 0.25) is 11.8 Å². The first-order chi connectivity index (χ1) is 17.9. The van der Waals surface area contributed by atoms with Gasteiger partial charge >= 0.3 is 0 Å². The van der Waals surface area contributed by atoms with Gasteiger partial charge in [-0.3, -0.25) is 24.5 Å². The van der Waals surface area contributed by atoms with E-state index >= 15 is 0 Å². The molecule has 2 N–H and O–H groups in total. The smallest absolute Gasteiger partial charge is 0.294 e. The number of likely N-dealkylation sites (tertiary alicyclic amines) is 2. The molecule has 3 aliphatic heterocycles. The van der Waals surface area contributed by atoms with Gasteiger partial charge in [-0.25, -0.2) is 0 Å². The minimum atomic E-state index is -0.470. The van der Waals surface area contributed by atoms with E-state index in [1.54, 1.807) is 15.9 Å². The summed E-state index contributed by atoms with van der Waals surface area (Å²) >= 11 is 3.36. The number of hydrogen-bond donors (Lipinski definition) is 2. The lowest BCUT2D eigenvalue weighted by molar-refractivity contribution is -0.384. The Labute approximate surface area is 232 Å². The maximum atomic E-state index is 13.7. The number of nitro benzene ring substituents is 1. The van der Waals surface area contributed by atoms with Crippen LogP contribution in [0.4, 0.5) is 11.4 Å². The summed E-state index contributed by atoms with van der Waals surface area (Å²) in [4.78, 5) is 53.8. The molecule has 3 saturated heterocycles. The number of rotatable bonds is 5. The van der Waals surface area contributed by atoms with E-state index in [-0.39, 0.29) is 58.5 Å². The Kier molecular flexibility index (Phi) is 8.64. The van der Waals surface area contributed by atoms with Gasteiger partial charge in [-0.2, -0.15) is 0 Å². The molecule has 0 bridgehead atoms. The van der Waals surface area contributed by atoms with Crippen LogP contribution in [0.3, 0.4) is 0 Å². The SMILES string of the molecule is CC(C)(C)C1CCN(C(=O)c2cc(Br)cc([N+](=O)[O-])c2N[C@@H]2CCCN(C(=O)[C@@H]3CCNC(=O)C3)C2)CC1. The number of anilines is 1. The molecule has 2 atom stereocenters. The molecular formula is C27H38BrN5O5. The van der Waals surface area contributed by atoms with Crippen molar-refractivity contribution in [3.8, 4) is 0 Å². The summed E-state index contributed by atoms with van der Waals surface area (Å²) in [5.41, 5.74) is 0.479. The molecule has 208 valence electrons. The van der Waals surface area contributed by atoms with Gasteiger partial charge < -0.3 is 20.4 Å². The lowest BCUT2D eigenvalue weighted by Crippen LogP contribution is -2.49. The van der Waals surface area contributed by atoms with Crippen LogP contribution in [0.1, 0.15) is 69.7 Å². The Morgan fingerprint density at radius 3 is 2.45 bits per heavy atom. The van der Waals surface area contributed by atoms with Crippen molar-refractivity contribution in [2.45, 2.75) is 65.3 Å². The van der Waals surface area contributed by atoms with E-state index in [9.17, 15) is 24.5 Å². The predicted molar refractivity (Wildman–Crippen MR) is 148 cm³/mol. The van der Waals surface area contributed by atoms with Crippen LogP contribution in [0.5, 0.6) is 0 Å². The number of nitrogens with one attached hydrogen (secondary N) is 2. The first kappa shape index (κ1) is 28.3. The minimum absolute atomic E-state index is 0.0466. The molecule has 0 radical (unpaired) electrons. The summed E-state index contributed by atoms with van der Waals surface area (Å²) in [6.07, 6.45) is 4.04. The van der Waals surface area contributed by atoms with Crippen molar-refractivity contribution in [3.63, 3.8) is 0 Å². The molecular weight excluding hydrogens is 554 g/mol. The molecule has 1 aromatic carbocycles. The summed E-state index contributed by atoms with van der Waals surface area (Å²) in [6, 6.07) is 2.82. The van der Waals surface area contributed by atoms with Gasteiger partial charge in [0.05, 0.1) is 10.5 Å². The molecule has 38 heavy (non-hydrogen) atoms. The van der Waals surface area contributed by atoms with Gasteiger partial charge in [-0.05, 0) is 49.5 Å². The van der Waals surface area contributed by atoms with Crippen molar-refractivity contribution in [2.24, 2.45) is 17.3 Å². The molecule has 4 rings (SSSR count). The van der Waals surface area contributed by atoms with Crippen LogP contribution < -0.4 is 10.6 Å². The van der Waals surface area contributed by atoms with Crippen LogP contribution in [-0.4, -0.2) is 71.2 Å². The van der Waals surface area contributed by atoms with Gasteiger partial charge in [0.15, 0.2) is 0 Å². The van der Waals surface area contributed by atoms with Crippen LogP contribution in [0.25, 0.3) is 0 Å². The number of nitrogens with zero attached hydrogens (tertiary/aromatic N) is 3. The first-order valence-corrected chi connectivity index (χ1v) is 14.3. The second-order valence-corrected chi connectivity index (χ2v) is 12.8. The molecule has 3 fully saturated rings. The van der Waals surface area contributed by atoms with Crippen molar-refractivity contribution < 1.29 is 19.3 Å². The zero-order chi connectivity index (χ0) is 27.6. The molecule has 0 aromatic heterocycles. The average Bonchev–Trinajstić information content (AvgIpc) is 2.88. The molecule has 1 aromatic rings. The molecule has 0 spiro atoms. The Morgan fingerprint density at radius 1 is 1.11 bits per heavy atom. The highest BCUT2D eigenvalue weighted by Crippen LogP contribution is 2.38. The fraction of sp³-hybridized carbons (Fsp3) is 0.667. The van der Waals surface area contributed by atoms with Crippen molar-refractivity contribution in [1.29, 1.82) is 0 Å². The van der Waals surface area contributed by atoms with E-state index in [1.165, 1.54) is 6.07 Å². The van der Waals surface area contributed by atoms with Crippen LogP contribution in [-0.2, 0) is 9.59 Å². The van der Waals surface area contributed by atoms with E-state index in [4.69, 9.17) is 0 Å². The highest BCUT2D eigenvalue weighted by Gasteiger charge is 2.35. The summed E-state index contributed by atoms with van der Waals surface area (Å²) in [5, 5.41) is 18.1. The number of benzene rings is 1. The fourth-order valence-electron chi connectivity index (χ4n) is 5.93. The Balaban J connectivity index is 1.53. The van der Waals surface area contributed by atoms with Gasteiger partial charge in [0, 0.05) is 61.6 Å². The maximum Gasteiger partial charge on any atom is 0.294 e. The molecule has 3 aliphatic rings. The van der Waals surface area contributed by atoms with Crippen LogP contribution in [0.15, 0.2) is 16.6 Å².